The smallest absolute Gasteiger partial charge is 0.335 e. The minimum Gasteiger partial charge on any atom is -0.478 e. The Morgan fingerprint density at radius 3 is 2.34 bits per heavy atom. The van der Waals surface area contributed by atoms with Crippen LogP contribution in [0.2, 0.25) is 0 Å². The Balaban J connectivity index is 1.78. The zero-order chi connectivity index (χ0) is 20.5. The summed E-state index contributed by atoms with van der Waals surface area (Å²) in [6.45, 7) is 3.86. The predicted octanol–water partition coefficient (Wildman–Crippen LogP) is 4.65. The van der Waals surface area contributed by atoms with Crippen LogP contribution in [0, 0.1) is 0 Å². The van der Waals surface area contributed by atoms with Gasteiger partial charge in [0.1, 0.15) is 5.82 Å². The Morgan fingerprint density at radius 2 is 1.72 bits per heavy atom. The fourth-order valence-corrected chi connectivity index (χ4v) is 4.08. The summed E-state index contributed by atoms with van der Waals surface area (Å²) in [5.74, 6) is -0.225. The lowest BCUT2D eigenvalue weighted by molar-refractivity contribution is 0.0696. The van der Waals surface area contributed by atoms with Gasteiger partial charge >= 0.3 is 5.97 Å². The number of nitrogens with one attached hydrogen (secondary N) is 1. The number of hydrogen-bond acceptors (Lipinski definition) is 3. The molecule has 1 fully saturated rings. The molecule has 0 atom stereocenters. The predicted molar refractivity (Wildman–Crippen MR) is 112 cm³/mol. The van der Waals surface area contributed by atoms with Crippen LogP contribution < -0.4 is 5.32 Å². The van der Waals surface area contributed by atoms with Crippen molar-refractivity contribution in [3.05, 3.63) is 53.6 Å². The van der Waals surface area contributed by atoms with Crippen molar-refractivity contribution in [2.45, 2.75) is 51.6 Å². The van der Waals surface area contributed by atoms with Crippen molar-refractivity contribution < 1.29 is 14.7 Å². The van der Waals surface area contributed by atoms with Gasteiger partial charge in [-0.15, -0.1) is 0 Å². The number of rotatable bonds is 5. The molecule has 1 heterocycles. The number of fused-ring (bicyclic) bond motifs is 1. The summed E-state index contributed by atoms with van der Waals surface area (Å²) in [4.78, 5) is 28.4. The van der Waals surface area contributed by atoms with E-state index in [1.165, 1.54) is 12.8 Å². The first-order chi connectivity index (χ1) is 13.9. The Kier molecular flexibility index (Phi) is 5.09. The van der Waals surface area contributed by atoms with Gasteiger partial charge in [-0.05, 0) is 57.0 Å². The zero-order valence-corrected chi connectivity index (χ0v) is 16.7. The maximum absolute atomic E-state index is 12.2. The van der Waals surface area contributed by atoms with Crippen LogP contribution >= 0.6 is 0 Å². The molecule has 1 amide bonds. The van der Waals surface area contributed by atoms with E-state index in [9.17, 15) is 14.7 Å². The number of carbonyl (C=O) groups is 2. The number of carboxylic acid groups (broad SMARTS) is 1. The summed E-state index contributed by atoms with van der Waals surface area (Å²) < 4.78 is 2.25. The number of carbonyl (C=O) groups excluding carboxylic acids is 1. The average molecular weight is 391 g/mol. The molecule has 0 spiro atoms. The van der Waals surface area contributed by atoms with Gasteiger partial charge in [-0.1, -0.05) is 25.0 Å². The molecule has 0 saturated heterocycles. The molecule has 3 aromatic rings. The Labute approximate surface area is 169 Å². The molecular formula is C23H25N3O3. The number of aromatic nitrogens is 2. The van der Waals surface area contributed by atoms with Crippen LogP contribution in [0.3, 0.4) is 0 Å². The van der Waals surface area contributed by atoms with Gasteiger partial charge in [0.05, 0.1) is 16.6 Å². The lowest BCUT2D eigenvalue weighted by Crippen LogP contribution is -2.29. The van der Waals surface area contributed by atoms with Gasteiger partial charge in [-0.25, -0.2) is 9.78 Å². The van der Waals surface area contributed by atoms with Gasteiger partial charge in [0.2, 0.25) is 0 Å². The maximum atomic E-state index is 12.2. The number of carboxylic acids is 1. The molecule has 1 aliphatic carbocycles. The van der Waals surface area contributed by atoms with Crippen LogP contribution in [-0.2, 0) is 0 Å². The first-order valence-electron chi connectivity index (χ1n) is 10.1. The van der Waals surface area contributed by atoms with E-state index in [4.69, 9.17) is 4.98 Å². The third-order valence-corrected chi connectivity index (χ3v) is 5.45. The number of amides is 1. The van der Waals surface area contributed by atoms with Crippen molar-refractivity contribution in [2.24, 2.45) is 0 Å². The molecule has 0 bridgehead atoms. The van der Waals surface area contributed by atoms with Gasteiger partial charge in [0.15, 0.2) is 0 Å². The summed E-state index contributed by atoms with van der Waals surface area (Å²) in [5.41, 5.74) is 3.41. The number of benzene rings is 2. The second-order valence-corrected chi connectivity index (χ2v) is 7.96. The molecule has 2 N–H and O–H groups in total. The highest BCUT2D eigenvalue weighted by molar-refractivity contribution is 5.95. The normalized spacial score (nSPS) is 14.6. The van der Waals surface area contributed by atoms with E-state index in [-0.39, 0.29) is 17.5 Å². The number of nitrogens with zero attached hydrogens (tertiary/aromatic N) is 2. The van der Waals surface area contributed by atoms with Crippen molar-refractivity contribution >= 4 is 22.9 Å². The van der Waals surface area contributed by atoms with Crippen LogP contribution in [0.5, 0.6) is 0 Å². The molecule has 0 aliphatic heterocycles. The van der Waals surface area contributed by atoms with Crippen LogP contribution in [0.25, 0.3) is 22.4 Å². The fourth-order valence-electron chi connectivity index (χ4n) is 4.08. The van der Waals surface area contributed by atoms with Gasteiger partial charge in [-0.3, -0.25) is 4.79 Å². The highest BCUT2D eigenvalue weighted by atomic mass is 16.4. The second kappa shape index (κ2) is 7.70. The highest BCUT2D eigenvalue weighted by Gasteiger charge is 2.24. The molecule has 4 rings (SSSR count). The summed E-state index contributed by atoms with van der Waals surface area (Å²) in [5, 5.41) is 12.2. The van der Waals surface area contributed by atoms with E-state index < -0.39 is 5.97 Å². The standard InChI is InChI=1S/C23H25N3O3/c1-14(2)24-22(27)16-9-7-15(8-10-16)21-25-19-13-17(23(28)29)11-12-20(19)26(21)18-5-3-4-6-18/h7-14,18H,3-6H2,1-2H3,(H,24,27)(H,28,29). The number of aromatic carboxylic acids is 1. The van der Waals surface area contributed by atoms with Crippen molar-refractivity contribution in [3.8, 4) is 11.4 Å². The molecule has 0 radical (unpaired) electrons. The molecule has 1 aliphatic rings. The minimum atomic E-state index is -0.954. The van der Waals surface area contributed by atoms with Crippen LogP contribution in [-0.4, -0.2) is 32.6 Å². The first kappa shape index (κ1) is 19.2. The molecule has 0 unspecified atom stereocenters. The zero-order valence-electron chi connectivity index (χ0n) is 16.7. The van der Waals surface area contributed by atoms with Gasteiger partial charge in [-0.2, -0.15) is 0 Å². The Morgan fingerprint density at radius 1 is 1.07 bits per heavy atom. The molecule has 1 aromatic heterocycles. The van der Waals surface area contributed by atoms with E-state index in [2.05, 4.69) is 9.88 Å². The Bertz CT molecular complexity index is 1060. The van der Waals surface area contributed by atoms with Crippen molar-refractivity contribution in [3.63, 3.8) is 0 Å². The Hall–Kier alpha value is -3.15. The molecule has 2 aromatic carbocycles. The lowest BCUT2D eigenvalue weighted by atomic mass is 10.1. The first-order valence-corrected chi connectivity index (χ1v) is 10.1. The maximum Gasteiger partial charge on any atom is 0.335 e. The summed E-state index contributed by atoms with van der Waals surface area (Å²) in [6.07, 6.45) is 4.55. The monoisotopic (exact) mass is 391 g/mol. The van der Waals surface area contributed by atoms with Crippen molar-refractivity contribution in [1.82, 2.24) is 14.9 Å². The topological polar surface area (TPSA) is 84.2 Å². The van der Waals surface area contributed by atoms with Gasteiger partial charge < -0.3 is 15.0 Å². The van der Waals surface area contributed by atoms with Gasteiger partial charge in [0, 0.05) is 23.2 Å². The van der Waals surface area contributed by atoms with Crippen LogP contribution in [0.1, 0.15) is 66.3 Å². The van der Waals surface area contributed by atoms with Crippen molar-refractivity contribution in [2.75, 3.05) is 0 Å². The molecule has 29 heavy (non-hydrogen) atoms. The second-order valence-electron chi connectivity index (χ2n) is 7.96. The van der Waals surface area contributed by atoms with E-state index in [0.717, 1.165) is 29.7 Å². The quantitative estimate of drug-likeness (QED) is 0.663. The van der Waals surface area contributed by atoms with Gasteiger partial charge in [0.25, 0.3) is 5.91 Å². The fraction of sp³-hybridized carbons (Fsp3) is 0.348. The summed E-state index contributed by atoms with van der Waals surface area (Å²) in [6, 6.07) is 13.0. The third-order valence-electron chi connectivity index (χ3n) is 5.45. The van der Waals surface area contributed by atoms with Crippen molar-refractivity contribution in [1.29, 1.82) is 0 Å². The van der Waals surface area contributed by atoms with E-state index in [0.29, 0.717) is 17.1 Å². The number of imidazole rings is 1. The molecule has 6 heteroatoms. The number of hydrogen-bond donors (Lipinski definition) is 2. The summed E-state index contributed by atoms with van der Waals surface area (Å²) in [7, 11) is 0. The highest BCUT2D eigenvalue weighted by Crippen LogP contribution is 2.37. The lowest BCUT2D eigenvalue weighted by Gasteiger charge is -2.17. The minimum absolute atomic E-state index is 0.0807. The summed E-state index contributed by atoms with van der Waals surface area (Å²) >= 11 is 0. The largest absolute Gasteiger partial charge is 0.478 e. The molecule has 6 nitrogen and oxygen atoms in total. The van der Waals surface area contributed by atoms with E-state index in [1.807, 2.05) is 44.2 Å². The molecule has 150 valence electrons. The van der Waals surface area contributed by atoms with E-state index >= 15 is 0 Å². The SMILES string of the molecule is CC(C)NC(=O)c1ccc(-c2nc3cc(C(=O)O)ccc3n2C2CCCC2)cc1. The average Bonchev–Trinajstić information content (AvgIpc) is 3.34. The molecule has 1 saturated carbocycles. The third kappa shape index (κ3) is 3.75. The molecular weight excluding hydrogens is 366 g/mol. The van der Waals surface area contributed by atoms with E-state index in [1.54, 1.807) is 12.1 Å². The van der Waals surface area contributed by atoms with Crippen LogP contribution in [0.15, 0.2) is 42.5 Å². The van der Waals surface area contributed by atoms with Crippen LogP contribution in [0.4, 0.5) is 0 Å².